The molecule has 0 saturated heterocycles. The molecule has 2 aromatic carbocycles. The summed E-state index contributed by atoms with van der Waals surface area (Å²) in [6.07, 6.45) is 1.02. The smallest absolute Gasteiger partial charge is 0.119 e. The molecule has 0 spiro atoms. The molecule has 21 heavy (non-hydrogen) atoms. The summed E-state index contributed by atoms with van der Waals surface area (Å²) < 4.78 is 5.69. The van der Waals surface area contributed by atoms with Gasteiger partial charge in [-0.15, -0.1) is 0 Å². The number of aryl methyl sites for hydroxylation is 1. The molecule has 2 aromatic rings. The topological polar surface area (TPSA) is 33.0 Å². The average molecular weight is 297 g/mol. The van der Waals surface area contributed by atoms with Gasteiger partial charge >= 0.3 is 0 Å². The van der Waals surface area contributed by atoms with Crippen LogP contribution in [0.1, 0.15) is 23.1 Å². The van der Waals surface area contributed by atoms with E-state index >= 15 is 0 Å². The van der Waals surface area contributed by atoms with E-state index in [1.165, 1.54) is 11.1 Å². The quantitative estimate of drug-likeness (QED) is 0.702. The monoisotopic (exact) mass is 297 g/mol. The van der Waals surface area contributed by atoms with Crippen molar-refractivity contribution >= 4 is 11.8 Å². The molecule has 0 fully saturated rings. The normalized spacial score (nSPS) is 10.1. The highest BCUT2D eigenvalue weighted by Crippen LogP contribution is 2.15. The molecule has 0 N–H and O–H groups in total. The fraction of sp³-hybridized carbons (Fsp3) is 0.278. The largest absolute Gasteiger partial charge is 0.494 e. The highest BCUT2D eigenvalue weighted by Gasteiger charge is 1.97. The Morgan fingerprint density at radius 2 is 1.95 bits per heavy atom. The first-order chi connectivity index (χ1) is 10.3. The van der Waals surface area contributed by atoms with Crippen molar-refractivity contribution in [2.75, 3.05) is 12.4 Å². The number of hydrogen-bond donors (Lipinski definition) is 0. The Balaban J connectivity index is 1.62. The third kappa shape index (κ3) is 5.53. The Hall–Kier alpha value is -1.92. The van der Waals surface area contributed by atoms with Crippen LogP contribution in [0.2, 0.25) is 0 Å². The van der Waals surface area contributed by atoms with Crippen LogP contribution in [0.3, 0.4) is 0 Å². The second-order valence-corrected chi connectivity index (χ2v) is 5.99. The second-order valence-electron chi connectivity index (χ2n) is 4.88. The van der Waals surface area contributed by atoms with Crippen LogP contribution in [-0.4, -0.2) is 12.4 Å². The van der Waals surface area contributed by atoms with Gasteiger partial charge in [-0.1, -0.05) is 29.8 Å². The molecule has 2 nitrogen and oxygen atoms in total. The van der Waals surface area contributed by atoms with Gasteiger partial charge in [-0.2, -0.15) is 17.0 Å². The van der Waals surface area contributed by atoms with E-state index in [2.05, 4.69) is 31.2 Å². The van der Waals surface area contributed by atoms with E-state index in [9.17, 15) is 0 Å². The summed E-state index contributed by atoms with van der Waals surface area (Å²) in [4.78, 5) is 0. The van der Waals surface area contributed by atoms with E-state index in [0.29, 0.717) is 0 Å². The first-order valence-electron chi connectivity index (χ1n) is 7.04. The number of nitrogens with zero attached hydrogens (tertiary/aromatic N) is 1. The van der Waals surface area contributed by atoms with E-state index in [4.69, 9.17) is 10.00 Å². The Kier molecular flexibility index (Phi) is 6.18. The van der Waals surface area contributed by atoms with Gasteiger partial charge in [-0.3, -0.25) is 0 Å². The molecule has 0 amide bonds. The zero-order chi connectivity index (χ0) is 14.9. The fourth-order valence-corrected chi connectivity index (χ4v) is 2.79. The highest BCUT2D eigenvalue weighted by atomic mass is 32.2. The van der Waals surface area contributed by atoms with Crippen molar-refractivity contribution in [2.45, 2.75) is 19.1 Å². The number of hydrogen-bond acceptors (Lipinski definition) is 3. The van der Waals surface area contributed by atoms with Crippen molar-refractivity contribution in [3.8, 4) is 11.8 Å². The van der Waals surface area contributed by atoms with E-state index in [1.807, 2.05) is 42.1 Å². The Morgan fingerprint density at radius 3 is 2.71 bits per heavy atom. The van der Waals surface area contributed by atoms with Crippen LogP contribution in [-0.2, 0) is 5.75 Å². The van der Waals surface area contributed by atoms with Crippen LogP contribution >= 0.6 is 11.8 Å². The lowest BCUT2D eigenvalue weighted by atomic mass is 10.2. The molecule has 0 bridgehead atoms. The van der Waals surface area contributed by atoms with Gasteiger partial charge in [-0.05, 0) is 48.9 Å². The molecule has 108 valence electrons. The second kappa shape index (κ2) is 8.39. The van der Waals surface area contributed by atoms with Crippen molar-refractivity contribution in [1.29, 1.82) is 5.26 Å². The van der Waals surface area contributed by atoms with Gasteiger partial charge in [-0.25, -0.2) is 0 Å². The van der Waals surface area contributed by atoms with Crippen LogP contribution in [0.25, 0.3) is 0 Å². The minimum atomic E-state index is 0.732. The third-order valence-electron chi connectivity index (χ3n) is 3.05. The van der Waals surface area contributed by atoms with E-state index in [-0.39, 0.29) is 0 Å². The molecule has 0 aliphatic heterocycles. The van der Waals surface area contributed by atoms with Gasteiger partial charge in [0.1, 0.15) is 5.75 Å². The van der Waals surface area contributed by atoms with Gasteiger partial charge in [0.25, 0.3) is 0 Å². The zero-order valence-corrected chi connectivity index (χ0v) is 13.0. The summed E-state index contributed by atoms with van der Waals surface area (Å²) in [6, 6.07) is 18.1. The number of rotatable bonds is 7. The summed E-state index contributed by atoms with van der Waals surface area (Å²) in [5.41, 5.74) is 3.19. The molecule has 0 saturated carbocycles. The Labute approximate surface area is 130 Å². The SMILES string of the molecule is Cc1ccc(OCCCSCc2cccc(C#N)c2)cc1. The summed E-state index contributed by atoms with van der Waals surface area (Å²) in [5.74, 6) is 2.94. The highest BCUT2D eigenvalue weighted by molar-refractivity contribution is 7.98. The molecule has 0 aromatic heterocycles. The summed E-state index contributed by atoms with van der Waals surface area (Å²) in [5, 5.41) is 8.86. The number of benzene rings is 2. The van der Waals surface area contributed by atoms with Gasteiger partial charge in [0.15, 0.2) is 0 Å². The maximum atomic E-state index is 8.86. The summed E-state index contributed by atoms with van der Waals surface area (Å²) in [6.45, 7) is 2.82. The van der Waals surface area contributed by atoms with Crippen molar-refractivity contribution in [2.24, 2.45) is 0 Å². The molecule has 0 atom stereocenters. The lowest BCUT2D eigenvalue weighted by molar-refractivity contribution is 0.318. The summed E-state index contributed by atoms with van der Waals surface area (Å²) >= 11 is 1.87. The first kappa shape index (κ1) is 15.5. The molecular weight excluding hydrogens is 278 g/mol. The summed E-state index contributed by atoms with van der Waals surface area (Å²) in [7, 11) is 0. The molecular formula is C18H19NOS. The van der Waals surface area contributed by atoms with Gasteiger partial charge in [0.05, 0.1) is 18.2 Å². The molecule has 0 heterocycles. The van der Waals surface area contributed by atoms with Crippen molar-refractivity contribution in [1.82, 2.24) is 0 Å². The predicted octanol–water partition coefficient (Wildman–Crippen LogP) is 4.57. The standard InChI is InChI=1S/C18H19NOS/c1-15-6-8-18(9-7-15)20-10-3-11-21-14-17-5-2-4-16(12-17)13-19/h2,4-9,12H,3,10-11,14H2,1H3. The number of ether oxygens (including phenoxy) is 1. The molecule has 3 heteroatoms. The van der Waals surface area contributed by atoms with Crippen molar-refractivity contribution < 1.29 is 4.74 Å². The Morgan fingerprint density at radius 1 is 1.14 bits per heavy atom. The number of nitriles is 1. The van der Waals surface area contributed by atoms with Crippen LogP contribution in [0.15, 0.2) is 48.5 Å². The average Bonchev–Trinajstić information content (AvgIpc) is 2.52. The van der Waals surface area contributed by atoms with E-state index in [1.54, 1.807) is 0 Å². The van der Waals surface area contributed by atoms with Gasteiger partial charge in [0, 0.05) is 5.75 Å². The maximum absolute atomic E-state index is 8.86. The van der Waals surface area contributed by atoms with Crippen LogP contribution in [0, 0.1) is 18.3 Å². The van der Waals surface area contributed by atoms with Gasteiger partial charge < -0.3 is 4.74 Å². The minimum Gasteiger partial charge on any atom is -0.494 e. The maximum Gasteiger partial charge on any atom is 0.119 e. The van der Waals surface area contributed by atoms with Crippen LogP contribution < -0.4 is 4.74 Å². The van der Waals surface area contributed by atoms with E-state index < -0.39 is 0 Å². The molecule has 2 rings (SSSR count). The van der Waals surface area contributed by atoms with Gasteiger partial charge in [0.2, 0.25) is 0 Å². The fourth-order valence-electron chi connectivity index (χ4n) is 1.91. The third-order valence-corrected chi connectivity index (χ3v) is 4.16. The van der Waals surface area contributed by atoms with E-state index in [0.717, 1.165) is 35.8 Å². The Bertz CT molecular complexity index is 601. The molecule has 0 unspecified atom stereocenters. The molecule has 0 aliphatic carbocycles. The van der Waals surface area contributed by atoms with Crippen molar-refractivity contribution in [3.63, 3.8) is 0 Å². The lowest BCUT2D eigenvalue weighted by Crippen LogP contribution is -1.98. The zero-order valence-electron chi connectivity index (χ0n) is 12.2. The predicted molar refractivity (Wildman–Crippen MR) is 88.6 cm³/mol. The first-order valence-corrected chi connectivity index (χ1v) is 8.19. The minimum absolute atomic E-state index is 0.732. The van der Waals surface area contributed by atoms with Crippen molar-refractivity contribution in [3.05, 3.63) is 65.2 Å². The van der Waals surface area contributed by atoms with Crippen LogP contribution in [0.4, 0.5) is 0 Å². The molecule has 0 aliphatic rings. The molecule has 0 radical (unpaired) electrons. The lowest BCUT2D eigenvalue weighted by Gasteiger charge is -2.06. The number of thioether (sulfide) groups is 1. The van der Waals surface area contributed by atoms with Crippen LogP contribution in [0.5, 0.6) is 5.75 Å².